The molecule has 19 heavy (non-hydrogen) atoms. The fraction of sp³-hybridized carbons (Fsp3) is 0.533. The molecule has 0 saturated carbocycles. The zero-order chi connectivity index (χ0) is 13.9. The molecule has 0 radical (unpaired) electrons. The van der Waals surface area contributed by atoms with Crippen LogP contribution in [0.3, 0.4) is 0 Å². The van der Waals surface area contributed by atoms with Gasteiger partial charge in [-0.25, -0.2) is 0 Å². The van der Waals surface area contributed by atoms with E-state index >= 15 is 0 Å². The number of carbonyl (C=O) groups is 1. The number of benzene rings is 1. The normalized spacial score (nSPS) is 10.2. The third kappa shape index (κ3) is 6.25. The zero-order valence-corrected chi connectivity index (χ0v) is 11.5. The van der Waals surface area contributed by atoms with E-state index in [1.165, 1.54) is 0 Å². The monoisotopic (exact) mass is 265 g/mol. The largest absolute Gasteiger partial charge is 0.494 e. The Morgan fingerprint density at radius 3 is 2.89 bits per heavy atom. The molecule has 0 heterocycles. The second-order valence-corrected chi connectivity index (χ2v) is 4.42. The molecule has 0 fully saturated rings. The van der Waals surface area contributed by atoms with Gasteiger partial charge in [0.1, 0.15) is 5.75 Å². The lowest BCUT2D eigenvalue weighted by Gasteiger charge is -2.08. The minimum atomic E-state index is -0.0778. The van der Waals surface area contributed by atoms with Crippen LogP contribution < -0.4 is 10.1 Å². The van der Waals surface area contributed by atoms with Crippen molar-refractivity contribution in [1.82, 2.24) is 5.32 Å². The van der Waals surface area contributed by atoms with Gasteiger partial charge >= 0.3 is 0 Å². The van der Waals surface area contributed by atoms with Gasteiger partial charge in [0, 0.05) is 18.7 Å². The molecule has 0 aromatic heterocycles. The van der Waals surface area contributed by atoms with Crippen molar-refractivity contribution in [3.8, 4) is 5.75 Å². The summed E-state index contributed by atoms with van der Waals surface area (Å²) in [7, 11) is 0. The summed E-state index contributed by atoms with van der Waals surface area (Å²) in [5.41, 5.74) is 0.621. The topological polar surface area (TPSA) is 58.6 Å². The summed E-state index contributed by atoms with van der Waals surface area (Å²) in [5, 5.41) is 11.5. The first-order valence-electron chi connectivity index (χ1n) is 6.90. The maximum atomic E-state index is 11.9. The highest BCUT2D eigenvalue weighted by molar-refractivity contribution is 5.94. The lowest BCUT2D eigenvalue weighted by atomic mass is 10.2. The van der Waals surface area contributed by atoms with E-state index in [2.05, 4.69) is 5.32 Å². The van der Waals surface area contributed by atoms with Gasteiger partial charge in [-0.15, -0.1) is 0 Å². The second kappa shape index (κ2) is 9.39. The summed E-state index contributed by atoms with van der Waals surface area (Å²) in [6.07, 6.45) is 3.55. The number of aliphatic hydroxyl groups excluding tert-OH is 1. The molecule has 0 unspecified atom stereocenters. The molecule has 0 saturated heterocycles. The van der Waals surface area contributed by atoms with Crippen molar-refractivity contribution in [1.29, 1.82) is 0 Å². The van der Waals surface area contributed by atoms with Crippen LogP contribution in [0.15, 0.2) is 24.3 Å². The molecule has 1 amide bonds. The second-order valence-electron chi connectivity index (χ2n) is 4.42. The van der Waals surface area contributed by atoms with E-state index in [-0.39, 0.29) is 12.5 Å². The van der Waals surface area contributed by atoms with Gasteiger partial charge in [0.15, 0.2) is 0 Å². The van der Waals surface area contributed by atoms with Crippen LogP contribution in [0.2, 0.25) is 0 Å². The Kier molecular flexibility index (Phi) is 7.66. The van der Waals surface area contributed by atoms with Crippen molar-refractivity contribution in [2.24, 2.45) is 0 Å². The number of hydrogen-bond acceptors (Lipinski definition) is 3. The van der Waals surface area contributed by atoms with Crippen molar-refractivity contribution in [2.75, 3.05) is 19.8 Å². The molecule has 4 nitrogen and oxygen atoms in total. The van der Waals surface area contributed by atoms with Crippen LogP contribution in [0.4, 0.5) is 0 Å². The fourth-order valence-electron chi connectivity index (χ4n) is 1.66. The Hall–Kier alpha value is -1.55. The highest BCUT2D eigenvalue weighted by Gasteiger charge is 2.05. The van der Waals surface area contributed by atoms with Crippen LogP contribution in [-0.2, 0) is 0 Å². The lowest BCUT2D eigenvalue weighted by Crippen LogP contribution is -2.24. The average Bonchev–Trinajstić information content (AvgIpc) is 2.45. The fourth-order valence-corrected chi connectivity index (χ4v) is 1.66. The highest BCUT2D eigenvalue weighted by atomic mass is 16.5. The lowest BCUT2D eigenvalue weighted by molar-refractivity contribution is 0.0952. The maximum Gasteiger partial charge on any atom is 0.251 e. The van der Waals surface area contributed by atoms with Gasteiger partial charge < -0.3 is 15.2 Å². The molecule has 4 heteroatoms. The molecular formula is C15H23NO3. The minimum Gasteiger partial charge on any atom is -0.494 e. The number of hydrogen-bond donors (Lipinski definition) is 2. The molecule has 1 rings (SSSR count). The van der Waals surface area contributed by atoms with Gasteiger partial charge in [0.2, 0.25) is 0 Å². The van der Waals surface area contributed by atoms with Crippen LogP contribution in [0.1, 0.15) is 43.0 Å². The quantitative estimate of drug-likeness (QED) is 0.674. The Morgan fingerprint density at radius 1 is 1.32 bits per heavy atom. The number of carbonyl (C=O) groups excluding carboxylic acids is 1. The van der Waals surface area contributed by atoms with Crippen molar-refractivity contribution in [3.05, 3.63) is 29.8 Å². The molecule has 1 aromatic rings. The molecule has 1 aromatic carbocycles. The first-order valence-corrected chi connectivity index (χ1v) is 6.90. The zero-order valence-electron chi connectivity index (χ0n) is 11.5. The molecule has 0 bridgehead atoms. The van der Waals surface area contributed by atoms with Crippen LogP contribution in [-0.4, -0.2) is 30.8 Å². The van der Waals surface area contributed by atoms with Gasteiger partial charge in [-0.05, 0) is 43.9 Å². The van der Waals surface area contributed by atoms with Crippen LogP contribution in [0, 0.1) is 0 Å². The number of nitrogens with one attached hydrogen (secondary N) is 1. The van der Waals surface area contributed by atoms with E-state index in [0.29, 0.717) is 18.7 Å². The predicted octanol–water partition coefficient (Wildman–Crippen LogP) is 2.37. The summed E-state index contributed by atoms with van der Waals surface area (Å²) in [6.45, 7) is 3.55. The summed E-state index contributed by atoms with van der Waals surface area (Å²) in [5.74, 6) is 0.653. The molecular weight excluding hydrogens is 242 g/mol. The SMILES string of the molecule is CCCOc1cccc(C(=O)NCCCCCO)c1. The molecule has 0 aliphatic rings. The number of aliphatic hydroxyl groups is 1. The summed E-state index contributed by atoms with van der Waals surface area (Å²) in [4.78, 5) is 11.9. The molecule has 0 aliphatic heterocycles. The number of amides is 1. The number of rotatable bonds is 9. The van der Waals surface area contributed by atoms with Gasteiger partial charge in [-0.1, -0.05) is 13.0 Å². The van der Waals surface area contributed by atoms with Gasteiger partial charge in [0.05, 0.1) is 6.61 Å². The third-order valence-electron chi connectivity index (χ3n) is 2.69. The van der Waals surface area contributed by atoms with Crippen LogP contribution in [0.25, 0.3) is 0 Å². The Labute approximate surface area is 114 Å². The van der Waals surface area contributed by atoms with E-state index in [1.54, 1.807) is 12.1 Å². The summed E-state index contributed by atoms with van der Waals surface area (Å²) in [6, 6.07) is 7.22. The van der Waals surface area contributed by atoms with Gasteiger partial charge in [0.25, 0.3) is 5.91 Å². The first-order chi connectivity index (χ1) is 9.27. The number of ether oxygens (including phenoxy) is 1. The molecule has 106 valence electrons. The predicted molar refractivity (Wildman–Crippen MR) is 75.5 cm³/mol. The minimum absolute atomic E-state index is 0.0778. The van der Waals surface area contributed by atoms with E-state index in [9.17, 15) is 4.79 Å². The Bertz CT molecular complexity index is 379. The number of unbranched alkanes of at least 4 members (excludes halogenated alkanes) is 2. The van der Waals surface area contributed by atoms with Gasteiger partial charge in [-0.3, -0.25) is 4.79 Å². The first kappa shape index (κ1) is 15.5. The molecule has 2 N–H and O–H groups in total. The van der Waals surface area contributed by atoms with Gasteiger partial charge in [-0.2, -0.15) is 0 Å². The maximum absolute atomic E-state index is 11.9. The van der Waals surface area contributed by atoms with E-state index in [0.717, 1.165) is 31.4 Å². The van der Waals surface area contributed by atoms with Crippen molar-refractivity contribution in [2.45, 2.75) is 32.6 Å². The molecule has 0 atom stereocenters. The average molecular weight is 265 g/mol. The van der Waals surface area contributed by atoms with Crippen LogP contribution in [0.5, 0.6) is 5.75 Å². The smallest absolute Gasteiger partial charge is 0.251 e. The molecule has 0 aliphatic carbocycles. The standard InChI is InChI=1S/C15H23NO3/c1-2-11-19-14-8-6-7-13(12-14)15(18)16-9-4-3-5-10-17/h6-8,12,17H,2-5,9-11H2,1H3,(H,16,18). The van der Waals surface area contributed by atoms with E-state index in [4.69, 9.17) is 9.84 Å². The van der Waals surface area contributed by atoms with Crippen molar-refractivity contribution < 1.29 is 14.6 Å². The Balaban J connectivity index is 2.38. The third-order valence-corrected chi connectivity index (χ3v) is 2.69. The summed E-state index contributed by atoms with van der Waals surface area (Å²) >= 11 is 0. The summed E-state index contributed by atoms with van der Waals surface area (Å²) < 4.78 is 5.50. The highest BCUT2D eigenvalue weighted by Crippen LogP contribution is 2.13. The molecule has 0 spiro atoms. The van der Waals surface area contributed by atoms with Crippen LogP contribution >= 0.6 is 0 Å². The van der Waals surface area contributed by atoms with E-state index < -0.39 is 0 Å². The van der Waals surface area contributed by atoms with Crippen molar-refractivity contribution in [3.63, 3.8) is 0 Å². The van der Waals surface area contributed by atoms with Crippen molar-refractivity contribution >= 4 is 5.91 Å². The van der Waals surface area contributed by atoms with E-state index in [1.807, 2.05) is 19.1 Å². The Morgan fingerprint density at radius 2 is 2.16 bits per heavy atom.